The zero-order chi connectivity index (χ0) is 16.5. The Balaban J connectivity index is 1.64. The third-order valence-electron chi connectivity index (χ3n) is 4.97. The van der Waals surface area contributed by atoms with Crippen molar-refractivity contribution < 1.29 is 4.79 Å². The van der Waals surface area contributed by atoms with Gasteiger partial charge in [0.25, 0.3) is 0 Å². The van der Waals surface area contributed by atoms with Crippen molar-refractivity contribution in [3.63, 3.8) is 0 Å². The minimum absolute atomic E-state index is 0.0492. The van der Waals surface area contributed by atoms with Gasteiger partial charge in [0, 0.05) is 30.6 Å². The number of benzene rings is 1. The highest BCUT2D eigenvalue weighted by molar-refractivity contribution is 8.06. The van der Waals surface area contributed by atoms with Gasteiger partial charge in [0.05, 0.1) is 11.0 Å². The van der Waals surface area contributed by atoms with Crippen molar-refractivity contribution in [2.75, 3.05) is 18.8 Å². The summed E-state index contributed by atoms with van der Waals surface area (Å²) in [6.45, 7) is 2.55. The van der Waals surface area contributed by atoms with E-state index < -0.39 is 0 Å². The second-order valence-electron chi connectivity index (χ2n) is 6.72. The number of hydrogen-bond donors (Lipinski definition) is 0. The van der Waals surface area contributed by atoms with Crippen molar-refractivity contribution in [2.45, 2.75) is 44.0 Å². The zero-order valence-corrected chi connectivity index (χ0v) is 14.6. The molecule has 5 nitrogen and oxygen atoms in total. The Bertz CT molecular complexity index is 798. The largest absolute Gasteiger partial charge is 0.341 e. The molecule has 1 atom stereocenters. The van der Waals surface area contributed by atoms with Gasteiger partial charge in [-0.15, -0.1) is 0 Å². The molecule has 1 aromatic heterocycles. The molecular weight excluding hydrogens is 322 g/mol. The number of aromatic nitrogens is 2. The molecular formula is C18H23N3O2S. The molecule has 3 heterocycles. The highest BCUT2D eigenvalue weighted by Gasteiger charge is 2.26. The molecule has 0 N–H and O–H groups in total. The average Bonchev–Trinajstić information content (AvgIpc) is 3.40. The first-order valence-corrected chi connectivity index (χ1v) is 9.86. The van der Waals surface area contributed by atoms with Crippen molar-refractivity contribution in [3.05, 3.63) is 34.7 Å². The summed E-state index contributed by atoms with van der Waals surface area (Å²) in [5.74, 6) is 1.20. The number of rotatable bonds is 4. The van der Waals surface area contributed by atoms with Gasteiger partial charge in [-0.3, -0.25) is 13.9 Å². The lowest BCUT2D eigenvalue weighted by atomic mass is 10.2. The number of para-hydroxylation sites is 2. The quantitative estimate of drug-likeness (QED) is 0.799. The Kier molecular flexibility index (Phi) is 4.39. The number of hydrogen-bond acceptors (Lipinski definition) is 3. The Morgan fingerprint density at radius 2 is 1.67 bits per heavy atom. The monoisotopic (exact) mass is 345 g/mol. The van der Waals surface area contributed by atoms with Gasteiger partial charge < -0.3 is 4.90 Å². The second kappa shape index (κ2) is 6.67. The molecule has 1 aromatic carbocycles. The lowest BCUT2D eigenvalue weighted by Gasteiger charge is -2.20. The minimum Gasteiger partial charge on any atom is -0.341 e. The van der Waals surface area contributed by atoms with Gasteiger partial charge in [0.15, 0.2) is 0 Å². The number of carbonyl (C=O) groups excluding carboxylic acids is 1. The van der Waals surface area contributed by atoms with Crippen molar-refractivity contribution >= 4 is 28.7 Å². The molecule has 1 amide bonds. The van der Waals surface area contributed by atoms with E-state index in [-0.39, 0.29) is 18.1 Å². The molecule has 0 bridgehead atoms. The van der Waals surface area contributed by atoms with Crippen LogP contribution in [0.25, 0.3) is 11.0 Å². The van der Waals surface area contributed by atoms with Gasteiger partial charge >= 0.3 is 5.69 Å². The molecule has 2 saturated heterocycles. The van der Waals surface area contributed by atoms with E-state index in [1.54, 1.807) is 4.57 Å². The van der Waals surface area contributed by atoms with Crippen LogP contribution in [0, 0.1) is 0 Å². The Morgan fingerprint density at radius 1 is 1.04 bits per heavy atom. The van der Waals surface area contributed by atoms with Crippen LogP contribution in [0.5, 0.6) is 0 Å². The Labute approximate surface area is 145 Å². The highest BCUT2D eigenvalue weighted by Crippen LogP contribution is 2.32. The van der Waals surface area contributed by atoms with E-state index in [1.807, 2.05) is 45.5 Å². The highest BCUT2D eigenvalue weighted by atomic mass is 32.2. The van der Waals surface area contributed by atoms with E-state index in [4.69, 9.17) is 0 Å². The smallest absolute Gasteiger partial charge is 0.329 e. The van der Waals surface area contributed by atoms with E-state index in [0.717, 1.165) is 49.3 Å². The van der Waals surface area contributed by atoms with Gasteiger partial charge in [-0.2, -0.15) is 11.8 Å². The fraction of sp³-hybridized carbons (Fsp3) is 0.556. The van der Waals surface area contributed by atoms with Crippen LogP contribution < -0.4 is 5.69 Å². The summed E-state index contributed by atoms with van der Waals surface area (Å²) in [5, 5.41) is 0.545. The van der Waals surface area contributed by atoms with Crippen molar-refractivity contribution in [1.82, 2.24) is 14.0 Å². The third-order valence-corrected chi connectivity index (χ3v) is 5.92. The van der Waals surface area contributed by atoms with Crippen LogP contribution in [-0.2, 0) is 17.9 Å². The third kappa shape index (κ3) is 3.11. The van der Waals surface area contributed by atoms with E-state index in [1.165, 1.54) is 12.8 Å². The molecule has 0 spiro atoms. The van der Waals surface area contributed by atoms with Crippen LogP contribution in [0.15, 0.2) is 29.1 Å². The number of imidazole rings is 1. The first-order chi connectivity index (χ1) is 11.7. The standard InChI is InChI=1S/C18H23N3O2S/c22-17(19-9-5-1-2-6-10-19)12-21-16-8-4-3-7-15(16)20(18(21)23)11-14-13-24-14/h3-4,7-8,14H,1-2,5-6,9-13H2/t14-/m0/s1. The molecule has 0 aliphatic carbocycles. The maximum absolute atomic E-state index is 12.9. The minimum atomic E-state index is -0.0492. The number of likely N-dealkylation sites (tertiary alicyclic amines) is 1. The molecule has 2 aliphatic rings. The zero-order valence-electron chi connectivity index (χ0n) is 13.8. The summed E-state index contributed by atoms with van der Waals surface area (Å²) < 4.78 is 3.51. The van der Waals surface area contributed by atoms with E-state index in [9.17, 15) is 9.59 Å². The molecule has 2 aromatic rings. The number of fused-ring (bicyclic) bond motifs is 1. The fourth-order valence-corrected chi connectivity index (χ4v) is 4.03. The van der Waals surface area contributed by atoms with Crippen LogP contribution in [0.4, 0.5) is 0 Å². The van der Waals surface area contributed by atoms with Gasteiger partial charge in [0.1, 0.15) is 6.54 Å². The maximum atomic E-state index is 12.9. The van der Waals surface area contributed by atoms with Crippen LogP contribution in [0.2, 0.25) is 0 Å². The summed E-state index contributed by atoms with van der Waals surface area (Å²) in [6, 6.07) is 7.82. The van der Waals surface area contributed by atoms with Crippen LogP contribution >= 0.6 is 11.8 Å². The van der Waals surface area contributed by atoms with Crippen molar-refractivity contribution in [2.24, 2.45) is 0 Å². The lowest BCUT2D eigenvalue weighted by Crippen LogP contribution is -2.37. The molecule has 0 unspecified atom stereocenters. The summed E-state index contributed by atoms with van der Waals surface area (Å²) in [4.78, 5) is 27.5. The lowest BCUT2D eigenvalue weighted by molar-refractivity contribution is -0.131. The Morgan fingerprint density at radius 3 is 2.29 bits per heavy atom. The first-order valence-electron chi connectivity index (χ1n) is 8.81. The van der Waals surface area contributed by atoms with Crippen LogP contribution in [0.3, 0.4) is 0 Å². The molecule has 6 heteroatoms. The SMILES string of the molecule is O=C(Cn1c(=O)n(C[C@H]2CS2)c2ccccc21)N1CCCCCC1. The predicted octanol–water partition coefficient (Wildman–Crippen LogP) is 2.32. The summed E-state index contributed by atoms with van der Waals surface area (Å²) >= 11 is 1.88. The van der Waals surface area contributed by atoms with Crippen LogP contribution in [-0.4, -0.2) is 44.0 Å². The molecule has 0 saturated carbocycles. The first kappa shape index (κ1) is 15.8. The van der Waals surface area contributed by atoms with Gasteiger partial charge in [0.2, 0.25) is 5.91 Å². The van der Waals surface area contributed by atoms with Gasteiger partial charge in [-0.1, -0.05) is 25.0 Å². The number of amides is 1. The molecule has 2 fully saturated rings. The number of nitrogens with zero attached hydrogens (tertiary/aromatic N) is 3. The average molecular weight is 345 g/mol. The Hall–Kier alpha value is -1.69. The van der Waals surface area contributed by atoms with E-state index >= 15 is 0 Å². The van der Waals surface area contributed by atoms with Crippen molar-refractivity contribution in [3.8, 4) is 0 Å². The summed E-state index contributed by atoms with van der Waals surface area (Å²) in [5.41, 5.74) is 1.77. The fourth-order valence-electron chi connectivity index (χ4n) is 3.53. The normalized spacial score (nSPS) is 21.0. The van der Waals surface area contributed by atoms with Crippen molar-refractivity contribution in [1.29, 1.82) is 0 Å². The number of carbonyl (C=O) groups is 1. The van der Waals surface area contributed by atoms with E-state index in [2.05, 4.69) is 0 Å². The van der Waals surface area contributed by atoms with E-state index in [0.29, 0.717) is 5.25 Å². The van der Waals surface area contributed by atoms with Gasteiger partial charge in [-0.25, -0.2) is 4.79 Å². The number of thioether (sulfide) groups is 1. The predicted molar refractivity (Wildman–Crippen MR) is 97.5 cm³/mol. The molecule has 2 aliphatic heterocycles. The molecule has 24 heavy (non-hydrogen) atoms. The molecule has 128 valence electrons. The van der Waals surface area contributed by atoms with Gasteiger partial charge in [-0.05, 0) is 25.0 Å². The topological polar surface area (TPSA) is 47.2 Å². The molecule has 4 rings (SSSR count). The molecule has 0 radical (unpaired) electrons. The van der Waals surface area contributed by atoms with Crippen LogP contribution in [0.1, 0.15) is 25.7 Å². The maximum Gasteiger partial charge on any atom is 0.329 e. The summed E-state index contributed by atoms with van der Waals surface area (Å²) in [7, 11) is 0. The summed E-state index contributed by atoms with van der Waals surface area (Å²) in [6.07, 6.45) is 4.53. The second-order valence-corrected chi connectivity index (χ2v) is 8.05.